The number of hydrogen-bond donors (Lipinski definition) is 0. The van der Waals surface area contributed by atoms with Gasteiger partial charge in [0.1, 0.15) is 12.4 Å². The standard InChI is InChI=1S/C17H23N3O4/c1-5-23-17(21)16-15(24-11-10-19(2)3)12-20(18-16)13-6-8-14(22-4)9-7-13/h6-9,12H,5,10-11H2,1-4H3. The van der Waals surface area contributed by atoms with Gasteiger partial charge in [0.2, 0.25) is 5.69 Å². The van der Waals surface area contributed by atoms with E-state index in [0.717, 1.165) is 18.0 Å². The molecule has 2 rings (SSSR count). The van der Waals surface area contributed by atoms with Gasteiger partial charge in [0.15, 0.2) is 5.75 Å². The van der Waals surface area contributed by atoms with Gasteiger partial charge >= 0.3 is 5.97 Å². The molecule has 130 valence electrons. The van der Waals surface area contributed by atoms with Gasteiger partial charge in [-0.3, -0.25) is 0 Å². The van der Waals surface area contributed by atoms with Gasteiger partial charge in [-0.1, -0.05) is 0 Å². The zero-order chi connectivity index (χ0) is 17.5. The van der Waals surface area contributed by atoms with Crippen LogP contribution >= 0.6 is 0 Å². The van der Waals surface area contributed by atoms with Crippen molar-refractivity contribution in [3.05, 3.63) is 36.2 Å². The molecule has 0 amide bonds. The van der Waals surface area contributed by atoms with E-state index in [1.807, 2.05) is 43.3 Å². The number of carbonyl (C=O) groups is 1. The molecule has 0 saturated carbocycles. The molecule has 1 aromatic heterocycles. The van der Waals surface area contributed by atoms with E-state index >= 15 is 0 Å². The van der Waals surface area contributed by atoms with Crippen molar-refractivity contribution >= 4 is 5.97 Å². The quantitative estimate of drug-likeness (QED) is 0.689. The highest BCUT2D eigenvalue weighted by molar-refractivity contribution is 5.90. The van der Waals surface area contributed by atoms with Gasteiger partial charge in [-0.25, -0.2) is 9.48 Å². The predicted octanol–water partition coefficient (Wildman–Crippen LogP) is 2.00. The highest BCUT2D eigenvalue weighted by atomic mass is 16.5. The van der Waals surface area contributed by atoms with Crippen LogP contribution in [0.25, 0.3) is 5.69 Å². The van der Waals surface area contributed by atoms with E-state index in [2.05, 4.69) is 5.10 Å². The molecule has 0 N–H and O–H groups in total. The normalized spacial score (nSPS) is 10.7. The Hall–Kier alpha value is -2.54. The molecule has 0 spiro atoms. The Morgan fingerprint density at radius 3 is 2.54 bits per heavy atom. The van der Waals surface area contributed by atoms with Crippen LogP contribution in [0.5, 0.6) is 11.5 Å². The highest BCUT2D eigenvalue weighted by Crippen LogP contribution is 2.22. The average Bonchev–Trinajstić information content (AvgIpc) is 2.99. The number of ether oxygens (including phenoxy) is 3. The van der Waals surface area contributed by atoms with E-state index in [0.29, 0.717) is 12.4 Å². The zero-order valence-electron chi connectivity index (χ0n) is 14.5. The smallest absolute Gasteiger partial charge is 0.362 e. The number of rotatable bonds is 8. The Balaban J connectivity index is 2.26. The number of methoxy groups -OCH3 is 1. The average molecular weight is 333 g/mol. The molecular formula is C17H23N3O4. The van der Waals surface area contributed by atoms with E-state index in [9.17, 15) is 4.79 Å². The molecule has 0 aliphatic carbocycles. The van der Waals surface area contributed by atoms with E-state index in [1.165, 1.54) is 0 Å². The Kier molecular flexibility index (Phi) is 6.20. The van der Waals surface area contributed by atoms with Crippen LogP contribution in [0.4, 0.5) is 0 Å². The second-order valence-corrected chi connectivity index (χ2v) is 5.36. The summed E-state index contributed by atoms with van der Waals surface area (Å²) in [6, 6.07) is 7.36. The maximum absolute atomic E-state index is 12.1. The van der Waals surface area contributed by atoms with Crippen molar-refractivity contribution in [3.63, 3.8) is 0 Å². The van der Waals surface area contributed by atoms with Gasteiger partial charge in [0.05, 0.1) is 25.6 Å². The Morgan fingerprint density at radius 2 is 1.96 bits per heavy atom. The lowest BCUT2D eigenvalue weighted by Gasteiger charge is -2.10. The van der Waals surface area contributed by atoms with E-state index in [1.54, 1.807) is 24.9 Å². The molecule has 0 atom stereocenters. The fourth-order valence-corrected chi connectivity index (χ4v) is 2.01. The molecule has 1 heterocycles. The molecule has 7 heteroatoms. The summed E-state index contributed by atoms with van der Waals surface area (Å²) in [6.07, 6.45) is 1.68. The third-order valence-corrected chi connectivity index (χ3v) is 3.28. The Labute approximate surface area is 141 Å². The summed E-state index contributed by atoms with van der Waals surface area (Å²) in [5.74, 6) is 0.662. The summed E-state index contributed by atoms with van der Waals surface area (Å²) in [6.45, 7) is 3.22. The maximum atomic E-state index is 12.1. The van der Waals surface area contributed by atoms with Gasteiger partial charge in [-0.2, -0.15) is 5.10 Å². The monoisotopic (exact) mass is 333 g/mol. The molecule has 2 aromatic rings. The van der Waals surface area contributed by atoms with Crippen molar-refractivity contribution in [2.45, 2.75) is 6.92 Å². The molecule has 0 unspecified atom stereocenters. The lowest BCUT2D eigenvalue weighted by Crippen LogP contribution is -2.20. The minimum absolute atomic E-state index is 0.173. The van der Waals surface area contributed by atoms with E-state index < -0.39 is 5.97 Å². The van der Waals surface area contributed by atoms with Crippen molar-refractivity contribution in [1.82, 2.24) is 14.7 Å². The lowest BCUT2D eigenvalue weighted by atomic mass is 10.3. The maximum Gasteiger partial charge on any atom is 0.362 e. The Bertz CT molecular complexity index is 665. The predicted molar refractivity (Wildman–Crippen MR) is 90.1 cm³/mol. The SMILES string of the molecule is CCOC(=O)c1nn(-c2ccc(OC)cc2)cc1OCCN(C)C. The number of carbonyl (C=O) groups excluding carboxylic acids is 1. The molecule has 0 aliphatic heterocycles. The summed E-state index contributed by atoms with van der Waals surface area (Å²) in [5, 5.41) is 4.31. The molecule has 7 nitrogen and oxygen atoms in total. The molecule has 0 bridgehead atoms. The van der Waals surface area contributed by atoms with Crippen LogP contribution in [0, 0.1) is 0 Å². The van der Waals surface area contributed by atoms with Crippen LogP contribution in [0.1, 0.15) is 17.4 Å². The minimum Gasteiger partial charge on any atom is -0.497 e. The first-order chi connectivity index (χ1) is 11.5. The number of benzene rings is 1. The summed E-state index contributed by atoms with van der Waals surface area (Å²) in [4.78, 5) is 14.1. The molecule has 0 radical (unpaired) electrons. The second kappa shape index (κ2) is 8.35. The number of nitrogens with zero attached hydrogens (tertiary/aromatic N) is 3. The zero-order valence-corrected chi connectivity index (χ0v) is 14.5. The Morgan fingerprint density at radius 1 is 1.25 bits per heavy atom. The van der Waals surface area contributed by atoms with Gasteiger partial charge in [-0.15, -0.1) is 0 Å². The first-order valence-corrected chi connectivity index (χ1v) is 7.74. The summed E-state index contributed by atoms with van der Waals surface area (Å²) in [5.41, 5.74) is 0.968. The third-order valence-electron chi connectivity index (χ3n) is 3.28. The summed E-state index contributed by atoms with van der Waals surface area (Å²) >= 11 is 0. The topological polar surface area (TPSA) is 65.8 Å². The third kappa shape index (κ3) is 4.48. The fourth-order valence-electron chi connectivity index (χ4n) is 2.01. The molecule has 0 saturated heterocycles. The second-order valence-electron chi connectivity index (χ2n) is 5.36. The van der Waals surface area contributed by atoms with Crippen LogP contribution in [0.15, 0.2) is 30.5 Å². The van der Waals surface area contributed by atoms with Gasteiger partial charge < -0.3 is 19.1 Å². The number of esters is 1. The lowest BCUT2D eigenvalue weighted by molar-refractivity contribution is 0.0514. The summed E-state index contributed by atoms with van der Waals surface area (Å²) in [7, 11) is 5.52. The van der Waals surface area contributed by atoms with Gasteiger partial charge in [0.25, 0.3) is 0 Å². The van der Waals surface area contributed by atoms with Gasteiger partial charge in [0, 0.05) is 6.54 Å². The van der Waals surface area contributed by atoms with E-state index in [4.69, 9.17) is 14.2 Å². The first kappa shape index (κ1) is 17.8. The number of aromatic nitrogens is 2. The fraction of sp³-hybridized carbons (Fsp3) is 0.412. The van der Waals surface area contributed by atoms with Gasteiger partial charge in [-0.05, 0) is 45.3 Å². The van der Waals surface area contributed by atoms with Crippen molar-refractivity contribution in [2.75, 3.05) is 41.0 Å². The molecule has 0 aliphatic rings. The minimum atomic E-state index is -0.496. The number of hydrogen-bond acceptors (Lipinski definition) is 6. The van der Waals surface area contributed by atoms with Crippen LogP contribution in [0.3, 0.4) is 0 Å². The molecule has 0 fully saturated rings. The summed E-state index contributed by atoms with van der Waals surface area (Å²) < 4.78 is 17.5. The van der Waals surface area contributed by atoms with Crippen LogP contribution < -0.4 is 9.47 Å². The molecular weight excluding hydrogens is 310 g/mol. The van der Waals surface area contributed by atoms with E-state index in [-0.39, 0.29) is 12.3 Å². The first-order valence-electron chi connectivity index (χ1n) is 7.74. The van der Waals surface area contributed by atoms with Crippen molar-refractivity contribution < 1.29 is 19.0 Å². The number of likely N-dealkylation sites (N-methyl/N-ethyl adjacent to an activating group) is 1. The van der Waals surface area contributed by atoms with Crippen molar-refractivity contribution in [3.8, 4) is 17.2 Å². The largest absolute Gasteiger partial charge is 0.497 e. The molecule has 1 aromatic carbocycles. The van der Waals surface area contributed by atoms with Crippen molar-refractivity contribution in [2.24, 2.45) is 0 Å². The molecule has 24 heavy (non-hydrogen) atoms. The highest BCUT2D eigenvalue weighted by Gasteiger charge is 2.20. The van der Waals surface area contributed by atoms with Crippen LogP contribution in [-0.4, -0.2) is 61.6 Å². The van der Waals surface area contributed by atoms with Crippen molar-refractivity contribution in [1.29, 1.82) is 0 Å². The van der Waals surface area contributed by atoms with Crippen LogP contribution in [0.2, 0.25) is 0 Å². The van der Waals surface area contributed by atoms with Crippen LogP contribution in [-0.2, 0) is 4.74 Å².